The van der Waals surface area contributed by atoms with Gasteiger partial charge in [-0.25, -0.2) is 4.98 Å². The molecule has 0 radical (unpaired) electrons. The predicted molar refractivity (Wildman–Crippen MR) is 140 cm³/mol. The molecule has 9 nitrogen and oxygen atoms in total. The van der Waals surface area contributed by atoms with E-state index in [4.69, 9.17) is 15.7 Å². The van der Waals surface area contributed by atoms with E-state index < -0.39 is 6.36 Å². The van der Waals surface area contributed by atoms with Crippen molar-refractivity contribution in [3.63, 3.8) is 0 Å². The summed E-state index contributed by atoms with van der Waals surface area (Å²) in [7, 11) is 0. The molecule has 2 aliphatic rings. The average molecular weight is 533 g/mol. The molecule has 2 heterocycles. The van der Waals surface area contributed by atoms with Gasteiger partial charge in [0, 0.05) is 37.8 Å². The minimum atomic E-state index is -4.69. The highest BCUT2D eigenvalue weighted by atomic mass is 19.4. The Labute approximate surface area is 219 Å². The Balaban J connectivity index is 1.21. The van der Waals surface area contributed by atoms with Gasteiger partial charge in [-0.15, -0.1) is 13.2 Å². The molecule has 5 N–H and O–H groups in total. The number of ether oxygens (including phenoxy) is 1. The number of imidazole rings is 1. The molecule has 0 spiro atoms. The number of nitrogens with two attached hydrogens (primary N) is 1. The molecule has 3 aromatic rings. The Hall–Kier alpha value is -3.12. The van der Waals surface area contributed by atoms with Crippen LogP contribution in [-0.4, -0.2) is 51.1 Å². The van der Waals surface area contributed by atoms with Crippen molar-refractivity contribution >= 4 is 22.9 Å². The monoisotopic (exact) mass is 532 g/mol. The third kappa shape index (κ3) is 6.84. The van der Waals surface area contributed by atoms with E-state index in [1.807, 2.05) is 6.33 Å². The third-order valence-corrected chi connectivity index (χ3v) is 7.32. The number of anilines is 2. The maximum absolute atomic E-state index is 12.3. The first-order valence-corrected chi connectivity index (χ1v) is 13.4. The zero-order chi connectivity index (χ0) is 26.5. The summed E-state index contributed by atoms with van der Waals surface area (Å²) in [5.41, 5.74) is 8.54. The van der Waals surface area contributed by atoms with Crippen LogP contribution < -0.4 is 26.4 Å². The van der Waals surface area contributed by atoms with Crippen molar-refractivity contribution in [1.82, 2.24) is 24.8 Å². The summed E-state index contributed by atoms with van der Waals surface area (Å²) in [6.07, 6.45) is 5.89. The van der Waals surface area contributed by atoms with Crippen molar-refractivity contribution in [2.75, 3.05) is 23.7 Å². The Bertz CT molecular complexity index is 1190. The standard InChI is InChI=1S/C26H35F3N8O/c27-26(28,29)38-21-11-5-17(6-12-21)15-31-13-14-32-23-22-24(37(16-33-22)20-3-1-2-4-20)36-25(35-23)34-19-9-7-18(30)8-10-19/h5-6,11-12,16,18-20,31H,1-4,7-10,13-15,30H2,(H2,32,34,35,36)/t18-,19-. The number of benzene rings is 1. The number of fused-ring (bicyclic) bond motifs is 1. The van der Waals surface area contributed by atoms with Crippen molar-refractivity contribution in [3.05, 3.63) is 36.2 Å². The van der Waals surface area contributed by atoms with Gasteiger partial charge in [-0.2, -0.15) is 9.97 Å². The average Bonchev–Trinajstić information content (AvgIpc) is 3.55. The van der Waals surface area contributed by atoms with Crippen LogP contribution >= 0.6 is 0 Å². The molecule has 2 saturated carbocycles. The fourth-order valence-corrected chi connectivity index (χ4v) is 5.31. The summed E-state index contributed by atoms with van der Waals surface area (Å²) in [5, 5.41) is 10.2. The number of halogens is 3. The van der Waals surface area contributed by atoms with Gasteiger partial charge in [-0.1, -0.05) is 25.0 Å². The highest BCUT2D eigenvalue weighted by molar-refractivity contribution is 5.84. The highest BCUT2D eigenvalue weighted by Crippen LogP contribution is 2.33. The first kappa shape index (κ1) is 26.5. The number of nitrogens with one attached hydrogen (secondary N) is 3. The molecule has 2 fully saturated rings. The molecule has 0 unspecified atom stereocenters. The van der Waals surface area contributed by atoms with Gasteiger partial charge in [0.25, 0.3) is 0 Å². The van der Waals surface area contributed by atoms with Crippen LogP contribution in [0.1, 0.15) is 63.0 Å². The molecule has 2 aliphatic carbocycles. The number of hydrogen-bond acceptors (Lipinski definition) is 8. The lowest BCUT2D eigenvalue weighted by molar-refractivity contribution is -0.274. The summed E-state index contributed by atoms with van der Waals surface area (Å²) in [6.45, 7) is 1.73. The molecule has 2 aromatic heterocycles. The fraction of sp³-hybridized carbons (Fsp3) is 0.577. The zero-order valence-corrected chi connectivity index (χ0v) is 21.3. The van der Waals surface area contributed by atoms with E-state index in [1.54, 1.807) is 12.1 Å². The van der Waals surface area contributed by atoms with Crippen LogP contribution in [0.2, 0.25) is 0 Å². The normalized spacial score (nSPS) is 20.6. The van der Waals surface area contributed by atoms with E-state index in [9.17, 15) is 13.2 Å². The van der Waals surface area contributed by atoms with Crippen LogP contribution in [0, 0.1) is 0 Å². The van der Waals surface area contributed by atoms with E-state index in [2.05, 4.69) is 30.2 Å². The SMILES string of the molecule is N[C@H]1CC[C@H](Nc2nc(NCCNCc3ccc(OC(F)(F)F)cc3)c3ncn(C4CCCC4)c3n2)CC1. The van der Waals surface area contributed by atoms with Crippen molar-refractivity contribution in [1.29, 1.82) is 0 Å². The predicted octanol–water partition coefficient (Wildman–Crippen LogP) is 4.72. The van der Waals surface area contributed by atoms with Gasteiger partial charge in [0.2, 0.25) is 5.95 Å². The minimum Gasteiger partial charge on any atom is -0.406 e. The highest BCUT2D eigenvalue weighted by Gasteiger charge is 2.31. The molecule has 0 saturated heterocycles. The van der Waals surface area contributed by atoms with Crippen molar-refractivity contribution in [2.24, 2.45) is 5.73 Å². The first-order valence-electron chi connectivity index (χ1n) is 13.4. The molecule has 5 rings (SSSR count). The Morgan fingerprint density at radius 3 is 2.42 bits per heavy atom. The van der Waals surface area contributed by atoms with Crippen LogP contribution in [0.3, 0.4) is 0 Å². The molecule has 1 aromatic carbocycles. The number of rotatable bonds is 10. The molecule has 0 amide bonds. The van der Waals surface area contributed by atoms with E-state index in [0.717, 1.165) is 55.3 Å². The van der Waals surface area contributed by atoms with Gasteiger partial charge >= 0.3 is 6.36 Å². The van der Waals surface area contributed by atoms with Gasteiger partial charge in [0.15, 0.2) is 17.0 Å². The van der Waals surface area contributed by atoms with E-state index in [0.29, 0.717) is 43.5 Å². The number of alkyl halides is 3. The van der Waals surface area contributed by atoms with Crippen molar-refractivity contribution < 1.29 is 17.9 Å². The summed E-state index contributed by atoms with van der Waals surface area (Å²) < 4.78 is 43.1. The molecule has 0 atom stereocenters. The quantitative estimate of drug-likeness (QED) is 0.277. The van der Waals surface area contributed by atoms with Gasteiger partial charge in [0.05, 0.1) is 6.33 Å². The van der Waals surface area contributed by atoms with E-state index >= 15 is 0 Å². The van der Waals surface area contributed by atoms with E-state index in [1.165, 1.54) is 25.0 Å². The van der Waals surface area contributed by atoms with Gasteiger partial charge in [-0.3, -0.25) is 0 Å². The Morgan fingerprint density at radius 1 is 0.974 bits per heavy atom. The second-order valence-electron chi connectivity index (χ2n) is 10.2. The van der Waals surface area contributed by atoms with E-state index in [-0.39, 0.29) is 11.8 Å². The van der Waals surface area contributed by atoms with Gasteiger partial charge in [-0.05, 0) is 56.2 Å². The van der Waals surface area contributed by atoms with Crippen LogP contribution in [0.15, 0.2) is 30.6 Å². The molecule has 0 aliphatic heterocycles. The second-order valence-corrected chi connectivity index (χ2v) is 10.2. The topological polar surface area (TPSA) is 115 Å². The fourth-order valence-electron chi connectivity index (χ4n) is 5.31. The minimum absolute atomic E-state index is 0.228. The first-order chi connectivity index (χ1) is 18.3. The smallest absolute Gasteiger partial charge is 0.406 e. The second kappa shape index (κ2) is 11.7. The van der Waals surface area contributed by atoms with Gasteiger partial charge in [0.1, 0.15) is 5.75 Å². The summed E-state index contributed by atoms with van der Waals surface area (Å²) >= 11 is 0. The van der Waals surface area contributed by atoms with Crippen molar-refractivity contribution in [2.45, 2.75) is 82.4 Å². The van der Waals surface area contributed by atoms with Crippen LogP contribution in [0.4, 0.5) is 24.9 Å². The Morgan fingerprint density at radius 2 is 1.71 bits per heavy atom. The van der Waals surface area contributed by atoms with Crippen molar-refractivity contribution in [3.8, 4) is 5.75 Å². The van der Waals surface area contributed by atoms with Gasteiger partial charge < -0.3 is 31.0 Å². The van der Waals surface area contributed by atoms with Crippen LogP contribution in [-0.2, 0) is 6.54 Å². The molecular weight excluding hydrogens is 497 g/mol. The largest absolute Gasteiger partial charge is 0.573 e. The third-order valence-electron chi connectivity index (χ3n) is 7.32. The molecule has 0 bridgehead atoms. The lowest BCUT2D eigenvalue weighted by Gasteiger charge is -2.27. The molecule has 38 heavy (non-hydrogen) atoms. The maximum Gasteiger partial charge on any atom is 0.573 e. The summed E-state index contributed by atoms with van der Waals surface area (Å²) in [4.78, 5) is 14.3. The van der Waals surface area contributed by atoms with Crippen LogP contribution in [0.5, 0.6) is 5.75 Å². The number of aromatic nitrogens is 4. The summed E-state index contributed by atoms with van der Waals surface area (Å²) in [6, 6.07) is 6.85. The lowest BCUT2D eigenvalue weighted by atomic mass is 9.92. The molecule has 12 heteroatoms. The number of hydrogen-bond donors (Lipinski definition) is 4. The zero-order valence-electron chi connectivity index (χ0n) is 21.3. The maximum atomic E-state index is 12.3. The lowest BCUT2D eigenvalue weighted by Crippen LogP contribution is -2.33. The molecule has 206 valence electrons. The Kier molecular flexibility index (Phi) is 8.18. The van der Waals surface area contributed by atoms with Crippen LogP contribution in [0.25, 0.3) is 11.2 Å². The number of nitrogens with zero attached hydrogens (tertiary/aromatic N) is 4. The molecular formula is C26H35F3N8O. The summed E-state index contributed by atoms with van der Waals surface area (Å²) in [5.74, 6) is 1.07.